The number of nitrogens with zero attached hydrogens (tertiary/aromatic N) is 3. The Kier molecular flexibility index (Phi) is 4.19. The van der Waals surface area contributed by atoms with E-state index in [1.54, 1.807) is 0 Å². The molecule has 0 bridgehead atoms. The van der Waals surface area contributed by atoms with Gasteiger partial charge in [-0.25, -0.2) is 0 Å². The van der Waals surface area contributed by atoms with E-state index in [0.29, 0.717) is 37.5 Å². The summed E-state index contributed by atoms with van der Waals surface area (Å²) in [5, 5.41) is 13.5. The Hall–Kier alpha value is -1.43. The van der Waals surface area contributed by atoms with Crippen molar-refractivity contribution in [3.8, 4) is 0 Å². The molecule has 2 heterocycles. The van der Waals surface area contributed by atoms with Crippen molar-refractivity contribution in [2.24, 2.45) is 0 Å². The van der Waals surface area contributed by atoms with Crippen molar-refractivity contribution < 1.29 is 14.4 Å². The van der Waals surface area contributed by atoms with E-state index in [1.807, 2.05) is 18.7 Å². The molecule has 1 atom stereocenters. The van der Waals surface area contributed by atoms with E-state index in [4.69, 9.17) is 4.52 Å². The molecule has 1 saturated heterocycles. The summed E-state index contributed by atoms with van der Waals surface area (Å²) in [6.07, 6.45) is 3.83. The van der Waals surface area contributed by atoms with Gasteiger partial charge in [-0.2, -0.15) is 4.98 Å². The van der Waals surface area contributed by atoms with Crippen LogP contribution in [0.2, 0.25) is 0 Å². The summed E-state index contributed by atoms with van der Waals surface area (Å²) in [6.45, 7) is 5.20. The number of hydrogen-bond acceptors (Lipinski definition) is 5. The minimum atomic E-state index is -0.748. The van der Waals surface area contributed by atoms with Crippen molar-refractivity contribution in [3.63, 3.8) is 0 Å². The third kappa shape index (κ3) is 2.63. The number of carbonyl (C=O) groups is 1. The molecule has 1 aromatic rings. The maximum atomic E-state index is 11.7. The van der Waals surface area contributed by atoms with Crippen LogP contribution in [0.5, 0.6) is 0 Å². The van der Waals surface area contributed by atoms with Crippen LogP contribution in [0.3, 0.4) is 0 Å². The average Bonchev–Trinajstić information content (AvgIpc) is 2.98. The topological polar surface area (TPSA) is 79.5 Å². The molecule has 0 spiro atoms. The molecule has 6 heteroatoms. The minimum Gasteiger partial charge on any atom is -0.480 e. The highest BCUT2D eigenvalue weighted by atomic mass is 16.5. The van der Waals surface area contributed by atoms with Gasteiger partial charge in [-0.05, 0) is 25.8 Å². The van der Waals surface area contributed by atoms with E-state index in [2.05, 4.69) is 10.1 Å². The van der Waals surface area contributed by atoms with Crippen LogP contribution in [0.15, 0.2) is 4.52 Å². The molecule has 0 radical (unpaired) electrons. The highest BCUT2D eigenvalue weighted by Crippen LogP contribution is 2.34. The molecule has 0 saturated carbocycles. The second kappa shape index (κ2) is 5.69. The summed E-state index contributed by atoms with van der Waals surface area (Å²) in [4.78, 5) is 17.9. The van der Waals surface area contributed by atoms with Gasteiger partial charge in [-0.3, -0.25) is 9.69 Å². The first kappa shape index (κ1) is 14.0. The van der Waals surface area contributed by atoms with Gasteiger partial charge in [0.2, 0.25) is 5.89 Å². The molecule has 0 aromatic carbocycles. The van der Waals surface area contributed by atoms with Crippen molar-refractivity contribution in [2.75, 3.05) is 6.54 Å². The van der Waals surface area contributed by atoms with Crippen molar-refractivity contribution in [2.45, 2.75) is 58.0 Å². The van der Waals surface area contributed by atoms with Crippen LogP contribution < -0.4 is 0 Å². The normalized spacial score (nSPS) is 23.9. The number of aromatic nitrogens is 2. The van der Waals surface area contributed by atoms with Crippen molar-refractivity contribution in [3.05, 3.63) is 11.7 Å². The molecule has 0 aliphatic carbocycles. The summed E-state index contributed by atoms with van der Waals surface area (Å²) < 4.78 is 5.08. The first-order chi connectivity index (χ1) is 9.12. The molecule has 1 unspecified atom stereocenters. The van der Waals surface area contributed by atoms with Gasteiger partial charge in [0.15, 0.2) is 5.82 Å². The molecule has 1 aromatic heterocycles. The third-order valence-corrected chi connectivity index (χ3v) is 3.83. The number of hydrogen-bond donors (Lipinski definition) is 1. The molecule has 1 fully saturated rings. The number of rotatable bonds is 6. The van der Waals surface area contributed by atoms with Crippen molar-refractivity contribution in [1.29, 1.82) is 0 Å². The fourth-order valence-corrected chi connectivity index (χ4v) is 2.88. The number of aryl methyl sites for hydroxylation is 1. The summed E-state index contributed by atoms with van der Waals surface area (Å²) in [5.74, 6) is 0.456. The molecule has 1 aliphatic heterocycles. The summed E-state index contributed by atoms with van der Waals surface area (Å²) in [6, 6.07) is 0. The predicted molar refractivity (Wildman–Crippen MR) is 68.6 cm³/mol. The Morgan fingerprint density at radius 1 is 1.53 bits per heavy atom. The quantitative estimate of drug-likeness (QED) is 0.847. The average molecular weight is 267 g/mol. The van der Waals surface area contributed by atoms with E-state index < -0.39 is 11.5 Å². The lowest BCUT2D eigenvalue weighted by Crippen LogP contribution is -2.50. The third-order valence-electron chi connectivity index (χ3n) is 3.83. The Balaban J connectivity index is 2.15. The standard InChI is InChI=1S/C13H21N3O3/c1-3-6-13(12(17)18)7-5-8-16(13)9-10-14-11(4-2)19-15-10/h3-9H2,1-2H3,(H,17,18). The zero-order valence-electron chi connectivity index (χ0n) is 11.6. The highest BCUT2D eigenvalue weighted by molar-refractivity contribution is 5.79. The van der Waals surface area contributed by atoms with Gasteiger partial charge in [0.1, 0.15) is 5.54 Å². The lowest BCUT2D eigenvalue weighted by Gasteiger charge is -2.33. The predicted octanol–water partition coefficient (Wildman–Crippen LogP) is 1.85. The minimum absolute atomic E-state index is 0.454. The largest absolute Gasteiger partial charge is 0.480 e. The number of likely N-dealkylation sites (tertiary alicyclic amines) is 1. The van der Waals surface area contributed by atoms with Crippen LogP contribution in [-0.4, -0.2) is 38.2 Å². The first-order valence-electron chi connectivity index (χ1n) is 6.92. The van der Waals surface area contributed by atoms with Gasteiger partial charge in [0.05, 0.1) is 6.54 Å². The van der Waals surface area contributed by atoms with E-state index in [-0.39, 0.29) is 0 Å². The van der Waals surface area contributed by atoms with Crippen molar-refractivity contribution >= 4 is 5.97 Å². The van der Waals surface area contributed by atoms with Gasteiger partial charge in [0, 0.05) is 6.42 Å². The fraction of sp³-hybridized carbons (Fsp3) is 0.769. The summed E-state index contributed by atoms with van der Waals surface area (Å²) in [7, 11) is 0. The van der Waals surface area contributed by atoms with Crippen LogP contribution in [0.1, 0.15) is 51.2 Å². The monoisotopic (exact) mass is 267 g/mol. The maximum Gasteiger partial charge on any atom is 0.324 e. The van der Waals surface area contributed by atoms with Crippen LogP contribution >= 0.6 is 0 Å². The molecular formula is C13H21N3O3. The molecule has 2 rings (SSSR count). The molecular weight excluding hydrogens is 246 g/mol. The van der Waals surface area contributed by atoms with Gasteiger partial charge in [0.25, 0.3) is 0 Å². The second-order valence-corrected chi connectivity index (χ2v) is 5.07. The fourth-order valence-electron chi connectivity index (χ4n) is 2.88. The molecule has 106 valence electrons. The zero-order valence-corrected chi connectivity index (χ0v) is 11.6. The molecule has 19 heavy (non-hydrogen) atoms. The second-order valence-electron chi connectivity index (χ2n) is 5.07. The number of carboxylic acid groups (broad SMARTS) is 1. The lowest BCUT2D eigenvalue weighted by atomic mass is 9.90. The number of aliphatic carboxylic acids is 1. The highest BCUT2D eigenvalue weighted by Gasteiger charge is 2.47. The van der Waals surface area contributed by atoms with Gasteiger partial charge >= 0.3 is 5.97 Å². The van der Waals surface area contributed by atoms with Crippen LogP contribution in [-0.2, 0) is 17.8 Å². The van der Waals surface area contributed by atoms with E-state index in [0.717, 1.165) is 19.4 Å². The van der Waals surface area contributed by atoms with E-state index >= 15 is 0 Å². The van der Waals surface area contributed by atoms with Gasteiger partial charge < -0.3 is 9.63 Å². The summed E-state index contributed by atoms with van der Waals surface area (Å²) >= 11 is 0. The summed E-state index contributed by atoms with van der Waals surface area (Å²) in [5.41, 5.74) is -0.748. The van der Waals surface area contributed by atoms with Crippen LogP contribution in [0, 0.1) is 0 Å². The van der Waals surface area contributed by atoms with Crippen LogP contribution in [0.25, 0.3) is 0 Å². The van der Waals surface area contributed by atoms with Gasteiger partial charge in [-0.15, -0.1) is 0 Å². The molecule has 1 N–H and O–H groups in total. The van der Waals surface area contributed by atoms with Crippen LogP contribution in [0.4, 0.5) is 0 Å². The molecule has 0 amide bonds. The molecule has 1 aliphatic rings. The number of carboxylic acids is 1. The maximum absolute atomic E-state index is 11.7. The Bertz CT molecular complexity index is 446. The van der Waals surface area contributed by atoms with E-state index in [9.17, 15) is 9.90 Å². The Morgan fingerprint density at radius 3 is 2.89 bits per heavy atom. The van der Waals surface area contributed by atoms with Gasteiger partial charge in [-0.1, -0.05) is 25.4 Å². The van der Waals surface area contributed by atoms with E-state index in [1.165, 1.54) is 0 Å². The lowest BCUT2D eigenvalue weighted by molar-refractivity contribution is -0.150. The Labute approximate surface area is 112 Å². The smallest absolute Gasteiger partial charge is 0.324 e. The first-order valence-corrected chi connectivity index (χ1v) is 6.92. The SMILES string of the molecule is CCCC1(C(=O)O)CCCN1Cc1noc(CC)n1. The molecule has 6 nitrogen and oxygen atoms in total. The van der Waals surface area contributed by atoms with Crippen molar-refractivity contribution in [1.82, 2.24) is 15.0 Å². The zero-order chi connectivity index (χ0) is 13.9. The Morgan fingerprint density at radius 2 is 2.32 bits per heavy atom.